The van der Waals surface area contributed by atoms with E-state index in [1.807, 2.05) is 0 Å². The average molecular weight is 349 g/mol. The second kappa shape index (κ2) is 6.97. The van der Waals surface area contributed by atoms with Crippen molar-refractivity contribution in [3.63, 3.8) is 0 Å². The van der Waals surface area contributed by atoms with Crippen LogP contribution in [0.5, 0.6) is 0 Å². The zero-order chi connectivity index (χ0) is 18.7. The Kier molecular flexibility index (Phi) is 4.98. The predicted molar refractivity (Wildman–Crippen MR) is 92.3 cm³/mol. The Bertz CT molecular complexity index is 939. The van der Waals surface area contributed by atoms with Crippen molar-refractivity contribution >= 4 is 28.6 Å². The van der Waals surface area contributed by atoms with Gasteiger partial charge in [-0.3, -0.25) is 4.79 Å². The van der Waals surface area contributed by atoms with Gasteiger partial charge in [0.05, 0.1) is 19.4 Å². The van der Waals surface area contributed by atoms with Gasteiger partial charge in [-0.2, -0.15) is 0 Å². The molecule has 2 rings (SSSR count). The lowest BCUT2D eigenvalue weighted by Crippen LogP contribution is -2.22. The van der Waals surface area contributed by atoms with E-state index in [2.05, 4.69) is 15.3 Å². The fourth-order valence-electron chi connectivity index (χ4n) is 2.10. The van der Waals surface area contributed by atoms with Crippen molar-refractivity contribution in [2.75, 3.05) is 24.8 Å². The van der Waals surface area contributed by atoms with E-state index in [9.17, 15) is 9.59 Å². The van der Waals surface area contributed by atoms with Crippen molar-refractivity contribution in [2.45, 2.75) is 6.92 Å². The summed E-state index contributed by atoms with van der Waals surface area (Å²) in [6, 6.07) is 1.44. The maximum absolute atomic E-state index is 11.9. The molecule has 2 aromatic heterocycles. The number of anilines is 2. The van der Waals surface area contributed by atoms with Gasteiger partial charge in [0.2, 0.25) is 11.8 Å². The molecule has 25 heavy (non-hydrogen) atoms. The Morgan fingerprint density at radius 2 is 2.20 bits per heavy atom. The number of imidazole rings is 1. The van der Waals surface area contributed by atoms with E-state index in [0.717, 1.165) is 4.57 Å². The lowest BCUT2D eigenvalue weighted by molar-refractivity contribution is 0.0937. The minimum Gasteiger partial charge on any atom is -0.481 e. The number of aromatic nitrogens is 3. The highest BCUT2D eigenvalue weighted by Crippen LogP contribution is 2.21. The van der Waals surface area contributed by atoms with Crippen molar-refractivity contribution in [3.05, 3.63) is 39.9 Å². The zero-order valence-electron chi connectivity index (χ0n) is 13.7. The number of pyridine rings is 1. The monoisotopic (exact) mass is 349 g/mol. The van der Waals surface area contributed by atoms with Crippen LogP contribution < -0.4 is 28.2 Å². The van der Waals surface area contributed by atoms with Gasteiger partial charge < -0.3 is 37.3 Å². The molecule has 0 unspecified atom stereocenters. The first kappa shape index (κ1) is 17.9. The van der Waals surface area contributed by atoms with Gasteiger partial charge in [0, 0.05) is 18.7 Å². The molecule has 0 saturated heterocycles. The third-order valence-electron chi connectivity index (χ3n) is 3.25. The van der Waals surface area contributed by atoms with E-state index in [-0.39, 0.29) is 39.9 Å². The summed E-state index contributed by atoms with van der Waals surface area (Å²) in [5, 5.41) is 11.9. The first-order valence-electron chi connectivity index (χ1n) is 7.08. The normalized spacial score (nSPS) is 12.8. The minimum absolute atomic E-state index is 0.0186. The third kappa shape index (κ3) is 3.55. The second-order valence-corrected chi connectivity index (χ2v) is 5.06. The highest BCUT2D eigenvalue weighted by atomic mass is 16.5. The Morgan fingerprint density at radius 3 is 2.76 bits per heavy atom. The number of carbonyl (C=O) groups excluding carboxylic acids is 1. The minimum atomic E-state index is -0.643. The van der Waals surface area contributed by atoms with Crippen LogP contribution in [-0.2, 0) is 4.74 Å². The summed E-state index contributed by atoms with van der Waals surface area (Å²) in [5.41, 5.74) is 17.4. The summed E-state index contributed by atoms with van der Waals surface area (Å²) in [4.78, 5) is 30.2. The maximum atomic E-state index is 11.9. The number of fused-ring (bicyclic) bond motifs is 1. The number of nitrogen functional groups attached to an aromatic ring is 1. The van der Waals surface area contributed by atoms with E-state index < -0.39 is 18.2 Å². The number of rotatable bonds is 5. The van der Waals surface area contributed by atoms with Gasteiger partial charge in [0.1, 0.15) is 17.0 Å². The number of nitrogens with one attached hydrogen (secondary N) is 2. The number of aliphatic hydroxyl groups is 1. The topological polar surface area (TPSA) is 187 Å². The third-order valence-corrected chi connectivity index (χ3v) is 3.25. The Labute approximate surface area is 141 Å². The Balaban J connectivity index is 2.59. The SMILES string of the molecule is CO/C(N)=C(/C=C(\N)CO)Nc1cc(N)c2[nH]c(=O)n(C(C)=O)c2n1. The summed E-state index contributed by atoms with van der Waals surface area (Å²) >= 11 is 0. The standard InChI is InChI=1S/C14H19N7O4/c1-6(23)21-13-11(20-14(21)24)8(16)4-10(19-13)18-9(12(17)25-2)3-7(15)5-22/h3-4,22H,5,15,17H2,1-2H3,(H,20,24)(H3,16,18,19)/b7-3-,12-9-. The van der Waals surface area contributed by atoms with Gasteiger partial charge in [-0.15, -0.1) is 0 Å². The molecule has 2 aromatic rings. The lowest BCUT2D eigenvalue weighted by Gasteiger charge is -2.12. The van der Waals surface area contributed by atoms with E-state index in [0.29, 0.717) is 0 Å². The average Bonchev–Trinajstić information content (AvgIpc) is 2.90. The molecule has 0 amide bonds. The van der Waals surface area contributed by atoms with E-state index in [1.165, 1.54) is 26.2 Å². The molecule has 0 aliphatic rings. The van der Waals surface area contributed by atoms with Gasteiger partial charge in [-0.1, -0.05) is 0 Å². The molecular weight excluding hydrogens is 330 g/mol. The molecule has 11 nitrogen and oxygen atoms in total. The Morgan fingerprint density at radius 1 is 1.52 bits per heavy atom. The number of hydrogen-bond acceptors (Lipinski definition) is 9. The molecule has 0 aliphatic heterocycles. The van der Waals surface area contributed by atoms with Crippen molar-refractivity contribution in [2.24, 2.45) is 11.5 Å². The predicted octanol–water partition coefficient (Wildman–Crippen LogP) is -1.01. The summed E-state index contributed by atoms with van der Waals surface area (Å²) in [6.45, 7) is 0.837. The lowest BCUT2D eigenvalue weighted by atomic mass is 10.3. The molecule has 0 bridgehead atoms. The number of ether oxygens (including phenoxy) is 1. The smallest absolute Gasteiger partial charge is 0.334 e. The number of hydrogen-bond donors (Lipinski definition) is 6. The van der Waals surface area contributed by atoms with Crippen LogP contribution >= 0.6 is 0 Å². The molecule has 0 aromatic carbocycles. The van der Waals surface area contributed by atoms with Gasteiger partial charge >= 0.3 is 5.69 Å². The second-order valence-electron chi connectivity index (χ2n) is 5.06. The number of aliphatic hydroxyl groups excluding tert-OH is 1. The fraction of sp³-hybridized carbons (Fsp3) is 0.214. The van der Waals surface area contributed by atoms with E-state index in [4.69, 9.17) is 27.0 Å². The largest absolute Gasteiger partial charge is 0.481 e. The van der Waals surface area contributed by atoms with Gasteiger partial charge in [-0.05, 0) is 6.08 Å². The number of nitrogens with two attached hydrogens (primary N) is 3. The van der Waals surface area contributed by atoms with Crippen molar-refractivity contribution in [1.82, 2.24) is 14.5 Å². The number of nitrogens with zero attached hydrogens (tertiary/aromatic N) is 2. The van der Waals surface area contributed by atoms with Crippen LogP contribution in [0.15, 0.2) is 34.2 Å². The molecule has 0 atom stereocenters. The summed E-state index contributed by atoms with van der Waals surface area (Å²) < 4.78 is 5.81. The summed E-state index contributed by atoms with van der Waals surface area (Å²) in [6.07, 6.45) is 1.36. The van der Waals surface area contributed by atoms with E-state index in [1.54, 1.807) is 0 Å². The number of H-pyrrole nitrogens is 1. The van der Waals surface area contributed by atoms with Crippen LogP contribution in [0.2, 0.25) is 0 Å². The molecule has 2 heterocycles. The Hall–Kier alpha value is -3.47. The van der Waals surface area contributed by atoms with Crippen LogP contribution in [0.3, 0.4) is 0 Å². The molecule has 0 radical (unpaired) electrons. The van der Waals surface area contributed by atoms with Gasteiger partial charge in [0.25, 0.3) is 0 Å². The van der Waals surface area contributed by atoms with E-state index >= 15 is 0 Å². The first-order valence-corrected chi connectivity index (χ1v) is 7.08. The van der Waals surface area contributed by atoms with Crippen LogP contribution in [0.25, 0.3) is 11.2 Å². The van der Waals surface area contributed by atoms with Crippen molar-refractivity contribution < 1.29 is 14.6 Å². The van der Waals surface area contributed by atoms with Gasteiger partial charge in [0.15, 0.2) is 5.65 Å². The maximum Gasteiger partial charge on any atom is 0.334 e. The molecule has 0 saturated carbocycles. The highest BCUT2D eigenvalue weighted by molar-refractivity contribution is 5.93. The number of allylic oxidation sites excluding steroid dienone is 1. The summed E-state index contributed by atoms with van der Waals surface area (Å²) in [7, 11) is 1.35. The highest BCUT2D eigenvalue weighted by Gasteiger charge is 2.16. The molecule has 0 fully saturated rings. The van der Waals surface area contributed by atoms with Crippen molar-refractivity contribution in [1.29, 1.82) is 0 Å². The van der Waals surface area contributed by atoms with Crippen LogP contribution in [-0.4, -0.2) is 39.3 Å². The zero-order valence-corrected chi connectivity index (χ0v) is 13.7. The number of aromatic amines is 1. The summed E-state index contributed by atoms with van der Waals surface area (Å²) in [5.74, 6) is -0.345. The number of carbonyl (C=O) groups is 1. The molecule has 0 spiro atoms. The van der Waals surface area contributed by atoms with Crippen molar-refractivity contribution in [3.8, 4) is 0 Å². The molecule has 134 valence electrons. The molecule has 0 aliphatic carbocycles. The quantitative estimate of drug-likeness (QED) is 0.290. The van der Waals surface area contributed by atoms with Crippen LogP contribution in [0.4, 0.5) is 11.5 Å². The number of methoxy groups -OCH3 is 1. The molecular formula is C14H19N7O4. The van der Waals surface area contributed by atoms with Crippen LogP contribution in [0.1, 0.15) is 11.7 Å². The van der Waals surface area contributed by atoms with Gasteiger partial charge in [-0.25, -0.2) is 14.3 Å². The van der Waals surface area contributed by atoms with Crippen LogP contribution in [0, 0.1) is 0 Å². The molecule has 11 heteroatoms. The molecule has 9 N–H and O–H groups in total. The fourth-order valence-corrected chi connectivity index (χ4v) is 2.10. The first-order chi connectivity index (χ1) is 11.8.